The Hall–Kier alpha value is -1.07. The minimum absolute atomic E-state index is 0.0832. The molecule has 0 atom stereocenters. The van der Waals surface area contributed by atoms with Gasteiger partial charge in [-0.1, -0.05) is 70.6 Å². The van der Waals surface area contributed by atoms with Crippen molar-refractivity contribution < 1.29 is 18.1 Å². The normalized spacial score (nSPS) is 10.9. The van der Waals surface area contributed by atoms with Crippen LogP contribution in [0.1, 0.15) is 63.5 Å². The number of aromatic hydroxyl groups is 1. The second kappa shape index (κ2) is 10.6. The smallest absolute Gasteiger partial charge is 0.269 e. The van der Waals surface area contributed by atoms with Crippen molar-refractivity contribution >= 4 is 10.1 Å². The molecule has 0 bridgehead atoms. The fourth-order valence-electron chi connectivity index (χ4n) is 1.89. The van der Waals surface area contributed by atoms with Crippen molar-refractivity contribution in [1.82, 2.24) is 0 Å². The second-order valence-electron chi connectivity index (χ2n) is 5.22. The number of benzene rings is 1. The third-order valence-corrected chi connectivity index (χ3v) is 3.79. The van der Waals surface area contributed by atoms with Crippen LogP contribution in [-0.4, -0.2) is 18.1 Å². The topological polar surface area (TPSA) is 74.6 Å². The Morgan fingerprint density at radius 2 is 1.52 bits per heavy atom. The second-order valence-corrected chi connectivity index (χ2v) is 6.68. The van der Waals surface area contributed by atoms with Gasteiger partial charge < -0.3 is 5.11 Å². The number of unbranched alkanes of at least 4 members (excludes halogenated alkanes) is 5. The summed E-state index contributed by atoms with van der Waals surface area (Å²) in [6, 6.07) is 4.73. The maximum Gasteiger partial charge on any atom is 0.269 e. The summed E-state index contributed by atoms with van der Waals surface area (Å²) in [6.07, 6.45) is 8.49. The van der Waals surface area contributed by atoms with E-state index in [1.165, 1.54) is 44.6 Å². The zero-order valence-corrected chi connectivity index (χ0v) is 14.1. The van der Waals surface area contributed by atoms with Crippen LogP contribution in [0.2, 0.25) is 0 Å². The van der Waals surface area contributed by atoms with Crippen LogP contribution in [0.3, 0.4) is 0 Å². The Labute approximate surface area is 129 Å². The van der Waals surface area contributed by atoms with Gasteiger partial charge in [-0.05, 0) is 12.5 Å². The molecule has 122 valence electrons. The van der Waals surface area contributed by atoms with Crippen molar-refractivity contribution in [3.63, 3.8) is 0 Å². The molecule has 0 radical (unpaired) electrons. The van der Waals surface area contributed by atoms with Crippen molar-refractivity contribution in [1.29, 1.82) is 0 Å². The first-order valence-corrected chi connectivity index (χ1v) is 9.15. The number of para-hydroxylation sites is 1. The fourth-order valence-corrected chi connectivity index (χ4v) is 2.51. The molecule has 21 heavy (non-hydrogen) atoms. The monoisotopic (exact) mass is 316 g/mol. The van der Waals surface area contributed by atoms with Crippen molar-refractivity contribution in [2.45, 2.75) is 65.0 Å². The zero-order chi connectivity index (χ0) is 16.3. The number of phenolic OH excluding ortho intramolecular Hbond substituents is 1. The Bertz CT molecular complexity index is 489. The molecule has 2 N–H and O–H groups in total. The minimum Gasteiger partial charge on any atom is -0.507 e. The Morgan fingerprint density at radius 1 is 1.00 bits per heavy atom. The highest BCUT2D eigenvalue weighted by Gasteiger charge is 2.11. The molecule has 0 saturated heterocycles. The molecule has 0 spiro atoms. The lowest BCUT2D eigenvalue weighted by molar-refractivity contribution is 0.458. The molecule has 0 aliphatic carbocycles. The van der Waals surface area contributed by atoms with E-state index in [1.807, 2.05) is 0 Å². The molecule has 0 fully saturated rings. The summed E-state index contributed by atoms with van der Waals surface area (Å²) in [6.45, 7) is 6.17. The number of phenols is 1. The van der Waals surface area contributed by atoms with Crippen molar-refractivity contribution in [2.75, 3.05) is 0 Å². The predicted octanol–water partition coefficient (Wildman–Crippen LogP) is 4.46. The zero-order valence-electron chi connectivity index (χ0n) is 13.3. The van der Waals surface area contributed by atoms with E-state index in [0.717, 1.165) is 0 Å². The first-order valence-electron chi connectivity index (χ1n) is 7.54. The summed E-state index contributed by atoms with van der Waals surface area (Å²) in [5.74, 6) is -0.638. The average Bonchev–Trinajstić information content (AvgIpc) is 2.40. The van der Waals surface area contributed by atoms with Crippen LogP contribution in [0.25, 0.3) is 0 Å². The van der Waals surface area contributed by atoms with Gasteiger partial charge in [-0.2, -0.15) is 8.42 Å². The van der Waals surface area contributed by atoms with Crippen LogP contribution in [0.5, 0.6) is 5.75 Å². The summed E-state index contributed by atoms with van der Waals surface area (Å²) in [5.41, 5.74) is 0.795. The standard InChI is InChI=1S/C8H10O4S.C8H18/c1-6-3-2-4-7(8(6)9)5-13(10,11)12;1-3-5-7-8-6-4-2/h2-4,9H,5H2,1H3,(H,10,11,12);3-8H2,1-2H3. The summed E-state index contributed by atoms with van der Waals surface area (Å²) in [4.78, 5) is 0. The van der Waals surface area contributed by atoms with Gasteiger partial charge in [0.2, 0.25) is 0 Å². The predicted molar refractivity (Wildman–Crippen MR) is 87.1 cm³/mol. The van der Waals surface area contributed by atoms with Crippen molar-refractivity contribution in [3.05, 3.63) is 29.3 Å². The van der Waals surface area contributed by atoms with E-state index < -0.39 is 15.9 Å². The van der Waals surface area contributed by atoms with Crippen LogP contribution in [0.15, 0.2) is 18.2 Å². The molecule has 0 aromatic heterocycles. The van der Waals surface area contributed by atoms with E-state index in [0.29, 0.717) is 5.56 Å². The van der Waals surface area contributed by atoms with Crippen molar-refractivity contribution in [2.24, 2.45) is 0 Å². The largest absolute Gasteiger partial charge is 0.507 e. The molecule has 0 saturated carbocycles. The molecule has 0 amide bonds. The maximum atomic E-state index is 10.5. The van der Waals surface area contributed by atoms with E-state index in [9.17, 15) is 13.5 Å². The first-order chi connectivity index (χ1) is 9.81. The van der Waals surface area contributed by atoms with Crippen LogP contribution in [0, 0.1) is 6.92 Å². The third-order valence-electron chi connectivity index (χ3n) is 3.12. The number of rotatable bonds is 7. The van der Waals surface area contributed by atoms with Crippen molar-refractivity contribution in [3.8, 4) is 5.75 Å². The SMILES string of the molecule is CCCCCCCC.Cc1cccc(CS(=O)(=O)O)c1O. The van der Waals surface area contributed by atoms with Gasteiger partial charge in [0.25, 0.3) is 10.1 Å². The molecule has 4 nitrogen and oxygen atoms in total. The molecule has 0 aliphatic rings. The van der Waals surface area contributed by atoms with Gasteiger partial charge in [-0.3, -0.25) is 4.55 Å². The quantitative estimate of drug-likeness (QED) is 0.575. The molecule has 1 rings (SSSR count). The van der Waals surface area contributed by atoms with E-state index in [4.69, 9.17) is 4.55 Å². The Balaban J connectivity index is 0.000000433. The lowest BCUT2D eigenvalue weighted by atomic mass is 10.1. The molecule has 0 aliphatic heterocycles. The molecule has 5 heteroatoms. The molecule has 0 unspecified atom stereocenters. The molecular weight excluding hydrogens is 288 g/mol. The van der Waals surface area contributed by atoms with E-state index in [1.54, 1.807) is 19.1 Å². The average molecular weight is 316 g/mol. The lowest BCUT2D eigenvalue weighted by Gasteiger charge is -2.04. The van der Waals surface area contributed by atoms with Crippen LogP contribution in [-0.2, 0) is 15.9 Å². The minimum atomic E-state index is -4.08. The summed E-state index contributed by atoms with van der Waals surface area (Å²) >= 11 is 0. The summed E-state index contributed by atoms with van der Waals surface area (Å²) in [5, 5.41) is 9.39. The fraction of sp³-hybridized carbons (Fsp3) is 0.625. The molecule has 0 heterocycles. The number of hydrogen-bond donors (Lipinski definition) is 2. The van der Waals surface area contributed by atoms with Gasteiger partial charge in [-0.25, -0.2) is 0 Å². The van der Waals surface area contributed by atoms with Gasteiger partial charge in [0.15, 0.2) is 0 Å². The van der Waals surface area contributed by atoms with Gasteiger partial charge >= 0.3 is 0 Å². The van der Waals surface area contributed by atoms with E-state index in [-0.39, 0.29) is 11.3 Å². The first kappa shape index (κ1) is 19.9. The number of hydrogen-bond acceptors (Lipinski definition) is 3. The molecule has 1 aromatic carbocycles. The summed E-state index contributed by atoms with van der Waals surface area (Å²) in [7, 11) is -4.08. The van der Waals surface area contributed by atoms with Crippen LogP contribution in [0.4, 0.5) is 0 Å². The van der Waals surface area contributed by atoms with Crippen LogP contribution < -0.4 is 0 Å². The summed E-state index contributed by atoms with van der Waals surface area (Å²) < 4.78 is 29.6. The van der Waals surface area contributed by atoms with Gasteiger partial charge in [0.05, 0.1) is 0 Å². The van der Waals surface area contributed by atoms with Crippen LogP contribution >= 0.6 is 0 Å². The maximum absolute atomic E-state index is 10.5. The highest BCUT2D eigenvalue weighted by atomic mass is 32.2. The molecule has 1 aromatic rings. The highest BCUT2D eigenvalue weighted by molar-refractivity contribution is 7.85. The Morgan fingerprint density at radius 3 is 1.95 bits per heavy atom. The molecular formula is C16H28O4S. The third kappa shape index (κ3) is 10.3. The highest BCUT2D eigenvalue weighted by Crippen LogP contribution is 2.22. The van der Waals surface area contributed by atoms with E-state index in [2.05, 4.69) is 13.8 Å². The van der Waals surface area contributed by atoms with Gasteiger partial charge in [-0.15, -0.1) is 0 Å². The lowest BCUT2D eigenvalue weighted by Crippen LogP contribution is -2.02. The number of aryl methyl sites for hydroxylation is 1. The Kier molecular flexibility index (Phi) is 10.1. The van der Waals surface area contributed by atoms with Gasteiger partial charge in [0, 0.05) is 5.56 Å². The van der Waals surface area contributed by atoms with E-state index >= 15 is 0 Å². The van der Waals surface area contributed by atoms with Gasteiger partial charge in [0.1, 0.15) is 11.5 Å².